The highest BCUT2D eigenvalue weighted by molar-refractivity contribution is 5.87. The summed E-state index contributed by atoms with van der Waals surface area (Å²) in [4.78, 5) is 26.1. The Hall–Kier alpha value is -2.12. The molecule has 0 aromatic heterocycles. The number of hydrogen-bond donors (Lipinski definition) is 2. The fraction of sp³-hybridized carbons (Fsp3) is 0.636. The summed E-state index contributed by atoms with van der Waals surface area (Å²) < 4.78 is 11.3. The molecule has 1 aliphatic heterocycles. The van der Waals surface area contributed by atoms with Gasteiger partial charge in [0.05, 0.1) is 0 Å². The van der Waals surface area contributed by atoms with Gasteiger partial charge in [-0.3, -0.25) is 14.5 Å². The second-order valence-electron chi connectivity index (χ2n) is 7.96. The van der Waals surface area contributed by atoms with Crippen LogP contribution in [0.5, 0.6) is 5.75 Å². The average molecular weight is 406 g/mol. The van der Waals surface area contributed by atoms with Gasteiger partial charge in [-0.2, -0.15) is 0 Å². The van der Waals surface area contributed by atoms with E-state index in [1.807, 2.05) is 38.1 Å². The van der Waals surface area contributed by atoms with Crippen molar-refractivity contribution in [1.29, 1.82) is 0 Å². The van der Waals surface area contributed by atoms with Crippen LogP contribution in [0.15, 0.2) is 24.3 Å². The SMILES string of the molecule is CC(=O)NC(C(=O)NCc1cccc(OCCN(C)C2CCOCC2)c1)C(C)C. The van der Waals surface area contributed by atoms with Crippen molar-refractivity contribution < 1.29 is 19.1 Å². The molecule has 7 nitrogen and oxygen atoms in total. The number of nitrogens with one attached hydrogen (secondary N) is 2. The van der Waals surface area contributed by atoms with E-state index in [4.69, 9.17) is 9.47 Å². The van der Waals surface area contributed by atoms with Gasteiger partial charge in [-0.1, -0.05) is 26.0 Å². The zero-order valence-electron chi connectivity index (χ0n) is 18.1. The first-order chi connectivity index (χ1) is 13.9. The van der Waals surface area contributed by atoms with Gasteiger partial charge in [0.25, 0.3) is 0 Å². The Morgan fingerprint density at radius 1 is 1.28 bits per heavy atom. The van der Waals surface area contributed by atoms with Crippen molar-refractivity contribution in [2.75, 3.05) is 33.4 Å². The van der Waals surface area contributed by atoms with E-state index in [-0.39, 0.29) is 17.7 Å². The van der Waals surface area contributed by atoms with Crippen molar-refractivity contribution >= 4 is 11.8 Å². The van der Waals surface area contributed by atoms with Crippen LogP contribution >= 0.6 is 0 Å². The summed E-state index contributed by atoms with van der Waals surface area (Å²) in [7, 11) is 2.13. The lowest BCUT2D eigenvalue weighted by atomic mass is 10.0. The summed E-state index contributed by atoms with van der Waals surface area (Å²) in [6, 6.07) is 7.77. The number of ether oxygens (including phenoxy) is 2. The first kappa shape index (κ1) is 23.2. The molecule has 0 aliphatic carbocycles. The van der Waals surface area contributed by atoms with Crippen LogP contribution in [-0.4, -0.2) is 62.2 Å². The molecule has 1 unspecified atom stereocenters. The number of benzene rings is 1. The normalized spacial score (nSPS) is 15.9. The van der Waals surface area contributed by atoms with Gasteiger partial charge in [0.15, 0.2) is 0 Å². The molecule has 1 fully saturated rings. The largest absolute Gasteiger partial charge is 0.492 e. The van der Waals surface area contributed by atoms with E-state index in [9.17, 15) is 9.59 Å². The molecule has 0 spiro atoms. The molecule has 1 saturated heterocycles. The van der Waals surface area contributed by atoms with Gasteiger partial charge in [-0.25, -0.2) is 0 Å². The smallest absolute Gasteiger partial charge is 0.243 e. The topological polar surface area (TPSA) is 79.9 Å². The molecule has 0 radical (unpaired) electrons. The minimum atomic E-state index is -0.535. The van der Waals surface area contributed by atoms with Crippen molar-refractivity contribution in [2.45, 2.75) is 52.2 Å². The van der Waals surface area contributed by atoms with Crippen molar-refractivity contribution in [3.8, 4) is 5.75 Å². The summed E-state index contributed by atoms with van der Waals surface area (Å²) in [5, 5.41) is 5.61. The van der Waals surface area contributed by atoms with Gasteiger partial charge in [0, 0.05) is 39.3 Å². The summed E-state index contributed by atoms with van der Waals surface area (Å²) in [5.41, 5.74) is 0.957. The number of hydrogen-bond acceptors (Lipinski definition) is 5. The minimum Gasteiger partial charge on any atom is -0.492 e. The number of carbonyl (C=O) groups is 2. The minimum absolute atomic E-state index is 0.0151. The van der Waals surface area contributed by atoms with Crippen molar-refractivity contribution in [3.05, 3.63) is 29.8 Å². The second-order valence-corrected chi connectivity index (χ2v) is 7.96. The third kappa shape index (κ3) is 8.03. The standard InChI is InChI=1S/C22H35N3O4/c1-16(2)21(24-17(3)26)22(27)23-15-18-6-5-7-20(14-18)29-13-10-25(4)19-8-11-28-12-9-19/h5-7,14,16,19,21H,8-13,15H2,1-4H3,(H,23,27)(H,24,26). The Bertz CT molecular complexity index is 659. The molecule has 0 bridgehead atoms. The lowest BCUT2D eigenvalue weighted by Crippen LogP contribution is -2.48. The number of nitrogens with zero attached hydrogens (tertiary/aromatic N) is 1. The van der Waals surface area contributed by atoms with E-state index in [0.29, 0.717) is 19.2 Å². The van der Waals surface area contributed by atoms with Crippen LogP contribution in [0.1, 0.15) is 39.2 Å². The van der Waals surface area contributed by atoms with E-state index in [0.717, 1.165) is 43.9 Å². The maximum absolute atomic E-state index is 12.4. The fourth-order valence-corrected chi connectivity index (χ4v) is 3.41. The molecule has 162 valence electrons. The molecule has 2 amide bonds. The summed E-state index contributed by atoms with van der Waals surface area (Å²) >= 11 is 0. The highest BCUT2D eigenvalue weighted by Gasteiger charge is 2.22. The van der Waals surface area contributed by atoms with Crippen LogP contribution < -0.4 is 15.4 Å². The Balaban J connectivity index is 1.79. The molecular formula is C22H35N3O4. The number of rotatable bonds is 10. The lowest BCUT2D eigenvalue weighted by Gasteiger charge is -2.31. The van der Waals surface area contributed by atoms with Gasteiger partial charge in [-0.05, 0) is 43.5 Å². The quantitative estimate of drug-likeness (QED) is 0.622. The lowest BCUT2D eigenvalue weighted by molar-refractivity contribution is -0.129. The van der Waals surface area contributed by atoms with Crippen LogP contribution in [0.4, 0.5) is 0 Å². The Kier molecular flexibility index (Phi) is 9.41. The van der Waals surface area contributed by atoms with Gasteiger partial charge < -0.3 is 20.1 Å². The second kappa shape index (κ2) is 11.8. The number of carbonyl (C=O) groups excluding carboxylic acids is 2. The van der Waals surface area contributed by atoms with Gasteiger partial charge in [0.1, 0.15) is 18.4 Å². The zero-order valence-corrected chi connectivity index (χ0v) is 18.1. The molecule has 1 aromatic rings. The van der Waals surface area contributed by atoms with Crippen LogP contribution in [0.25, 0.3) is 0 Å². The molecule has 1 atom stereocenters. The zero-order chi connectivity index (χ0) is 21.2. The molecule has 2 rings (SSSR count). The first-order valence-electron chi connectivity index (χ1n) is 10.4. The molecule has 1 aromatic carbocycles. The van der Waals surface area contributed by atoms with Crippen molar-refractivity contribution in [3.63, 3.8) is 0 Å². The number of likely N-dealkylation sites (N-methyl/N-ethyl adjacent to an activating group) is 1. The number of amides is 2. The molecule has 7 heteroatoms. The maximum Gasteiger partial charge on any atom is 0.243 e. The highest BCUT2D eigenvalue weighted by atomic mass is 16.5. The van der Waals surface area contributed by atoms with Crippen LogP contribution in [0.3, 0.4) is 0 Å². The fourth-order valence-electron chi connectivity index (χ4n) is 3.41. The van der Waals surface area contributed by atoms with Crippen LogP contribution in [-0.2, 0) is 20.9 Å². The van der Waals surface area contributed by atoms with Crippen molar-refractivity contribution in [1.82, 2.24) is 15.5 Å². The van der Waals surface area contributed by atoms with E-state index in [1.54, 1.807) is 0 Å². The molecule has 1 heterocycles. The Morgan fingerprint density at radius 3 is 2.66 bits per heavy atom. The van der Waals surface area contributed by atoms with Crippen molar-refractivity contribution in [2.24, 2.45) is 5.92 Å². The molecule has 0 saturated carbocycles. The van der Waals surface area contributed by atoms with E-state index in [2.05, 4.69) is 22.6 Å². The van der Waals surface area contributed by atoms with E-state index in [1.165, 1.54) is 6.92 Å². The van der Waals surface area contributed by atoms with Crippen LogP contribution in [0.2, 0.25) is 0 Å². The molecular weight excluding hydrogens is 370 g/mol. The monoisotopic (exact) mass is 405 g/mol. The first-order valence-corrected chi connectivity index (χ1v) is 10.4. The third-order valence-electron chi connectivity index (χ3n) is 5.20. The highest BCUT2D eigenvalue weighted by Crippen LogP contribution is 2.15. The predicted octanol–water partition coefficient (Wildman–Crippen LogP) is 1.95. The molecule has 1 aliphatic rings. The Labute approximate surface area is 174 Å². The van der Waals surface area contributed by atoms with E-state index >= 15 is 0 Å². The third-order valence-corrected chi connectivity index (χ3v) is 5.20. The molecule has 29 heavy (non-hydrogen) atoms. The summed E-state index contributed by atoms with van der Waals surface area (Å²) in [6.45, 7) is 8.77. The maximum atomic E-state index is 12.4. The van der Waals surface area contributed by atoms with Gasteiger partial charge in [-0.15, -0.1) is 0 Å². The van der Waals surface area contributed by atoms with Gasteiger partial charge in [0.2, 0.25) is 11.8 Å². The summed E-state index contributed by atoms with van der Waals surface area (Å²) in [6.07, 6.45) is 2.14. The average Bonchev–Trinajstić information content (AvgIpc) is 2.71. The summed E-state index contributed by atoms with van der Waals surface area (Å²) in [5.74, 6) is 0.417. The van der Waals surface area contributed by atoms with E-state index < -0.39 is 6.04 Å². The molecule has 2 N–H and O–H groups in total. The van der Waals surface area contributed by atoms with Crippen LogP contribution in [0, 0.1) is 5.92 Å². The Morgan fingerprint density at radius 2 is 2.00 bits per heavy atom. The predicted molar refractivity (Wildman–Crippen MR) is 113 cm³/mol. The van der Waals surface area contributed by atoms with Gasteiger partial charge >= 0.3 is 0 Å².